The first-order valence-corrected chi connectivity index (χ1v) is 7.86. The highest BCUT2D eigenvalue weighted by atomic mass is 32.2. The molecule has 2 N–H and O–H groups in total. The molecular weight excluding hydrogens is 282 g/mol. The molecule has 0 spiro atoms. The Balaban J connectivity index is 2.27. The Morgan fingerprint density at radius 1 is 1.29 bits per heavy atom. The van der Waals surface area contributed by atoms with E-state index in [1.54, 1.807) is 18.9 Å². The van der Waals surface area contributed by atoms with Gasteiger partial charge in [0.2, 0.25) is 0 Å². The fourth-order valence-electron chi connectivity index (χ4n) is 1.99. The van der Waals surface area contributed by atoms with Crippen molar-refractivity contribution >= 4 is 11.8 Å². The SMILES string of the molecule is CCC(N)C(Sc1ncc(C)cn1)c1cccc(OC)c1. The van der Waals surface area contributed by atoms with Crippen LogP contribution in [0.15, 0.2) is 41.8 Å². The van der Waals surface area contributed by atoms with Gasteiger partial charge >= 0.3 is 0 Å². The van der Waals surface area contributed by atoms with Crippen LogP contribution in [0.4, 0.5) is 0 Å². The van der Waals surface area contributed by atoms with E-state index in [0.717, 1.165) is 28.5 Å². The van der Waals surface area contributed by atoms with Crippen LogP contribution in [0.1, 0.15) is 29.7 Å². The van der Waals surface area contributed by atoms with Gasteiger partial charge in [0.25, 0.3) is 0 Å². The van der Waals surface area contributed by atoms with Crippen molar-refractivity contribution in [2.45, 2.75) is 36.7 Å². The molecule has 21 heavy (non-hydrogen) atoms. The van der Waals surface area contributed by atoms with Gasteiger partial charge in [0.1, 0.15) is 5.75 Å². The third-order valence-corrected chi connectivity index (χ3v) is 4.57. The first-order valence-electron chi connectivity index (χ1n) is 6.99. The number of rotatable bonds is 6. The van der Waals surface area contributed by atoms with Crippen LogP contribution in [0.25, 0.3) is 0 Å². The molecule has 0 bridgehead atoms. The Labute approximate surface area is 130 Å². The molecular formula is C16H21N3OS. The average molecular weight is 303 g/mol. The second-order valence-electron chi connectivity index (χ2n) is 4.93. The van der Waals surface area contributed by atoms with E-state index in [1.807, 2.05) is 37.5 Å². The summed E-state index contributed by atoms with van der Waals surface area (Å²) in [6.07, 6.45) is 4.55. The molecule has 4 nitrogen and oxygen atoms in total. The molecule has 2 rings (SSSR count). The summed E-state index contributed by atoms with van der Waals surface area (Å²) in [6.45, 7) is 4.07. The average Bonchev–Trinajstić information content (AvgIpc) is 2.53. The van der Waals surface area contributed by atoms with Gasteiger partial charge in [-0.25, -0.2) is 9.97 Å². The number of methoxy groups -OCH3 is 1. The zero-order chi connectivity index (χ0) is 15.2. The zero-order valence-corrected chi connectivity index (χ0v) is 13.4. The summed E-state index contributed by atoms with van der Waals surface area (Å²) in [6, 6.07) is 8.06. The predicted molar refractivity (Wildman–Crippen MR) is 86.6 cm³/mol. The number of hydrogen-bond acceptors (Lipinski definition) is 5. The van der Waals surface area contributed by atoms with E-state index < -0.39 is 0 Å². The fourth-order valence-corrected chi connectivity index (χ4v) is 3.09. The van der Waals surface area contributed by atoms with Crippen LogP contribution in [0.5, 0.6) is 5.75 Å². The number of hydrogen-bond donors (Lipinski definition) is 1. The van der Waals surface area contributed by atoms with Crippen molar-refractivity contribution in [1.82, 2.24) is 9.97 Å². The minimum Gasteiger partial charge on any atom is -0.497 e. The Morgan fingerprint density at radius 2 is 2.00 bits per heavy atom. The third kappa shape index (κ3) is 4.19. The minimum absolute atomic E-state index is 0.0343. The summed E-state index contributed by atoms with van der Waals surface area (Å²) in [4.78, 5) is 8.74. The van der Waals surface area contributed by atoms with E-state index >= 15 is 0 Å². The van der Waals surface area contributed by atoms with Gasteiger partial charge in [-0.05, 0) is 36.6 Å². The summed E-state index contributed by atoms with van der Waals surface area (Å²) >= 11 is 1.60. The molecule has 112 valence electrons. The first kappa shape index (κ1) is 15.8. The highest BCUT2D eigenvalue weighted by Crippen LogP contribution is 2.37. The highest BCUT2D eigenvalue weighted by molar-refractivity contribution is 7.99. The number of nitrogens with zero attached hydrogens (tertiary/aromatic N) is 2. The molecule has 2 atom stereocenters. The second-order valence-corrected chi connectivity index (χ2v) is 6.04. The summed E-state index contributed by atoms with van der Waals surface area (Å²) < 4.78 is 5.30. The molecule has 2 unspecified atom stereocenters. The Morgan fingerprint density at radius 3 is 2.62 bits per heavy atom. The lowest BCUT2D eigenvalue weighted by Crippen LogP contribution is -2.25. The number of ether oxygens (including phenoxy) is 1. The summed E-state index contributed by atoms with van der Waals surface area (Å²) in [5, 5.41) is 0.852. The van der Waals surface area contributed by atoms with E-state index in [1.165, 1.54) is 0 Å². The standard InChI is InChI=1S/C16H21N3OS/c1-4-14(17)15(12-6-5-7-13(8-12)20-3)21-16-18-9-11(2)10-19-16/h5-10,14-15H,4,17H2,1-3H3. The second kappa shape index (κ2) is 7.43. The molecule has 1 aromatic carbocycles. The van der Waals surface area contributed by atoms with Crippen LogP contribution < -0.4 is 10.5 Å². The molecule has 0 aliphatic heterocycles. The Bertz CT molecular complexity index is 574. The van der Waals surface area contributed by atoms with Crippen LogP contribution in [0.3, 0.4) is 0 Å². The van der Waals surface area contributed by atoms with Crippen molar-refractivity contribution in [3.8, 4) is 5.75 Å². The van der Waals surface area contributed by atoms with Gasteiger partial charge < -0.3 is 10.5 Å². The smallest absolute Gasteiger partial charge is 0.188 e. The summed E-state index contributed by atoms with van der Waals surface area (Å²) in [7, 11) is 1.67. The molecule has 0 radical (unpaired) electrons. The maximum Gasteiger partial charge on any atom is 0.188 e. The molecule has 1 aromatic heterocycles. The lowest BCUT2D eigenvalue weighted by molar-refractivity contribution is 0.414. The van der Waals surface area contributed by atoms with Gasteiger partial charge in [-0.3, -0.25) is 0 Å². The molecule has 0 saturated carbocycles. The van der Waals surface area contributed by atoms with Crippen molar-refractivity contribution in [3.05, 3.63) is 47.8 Å². The van der Waals surface area contributed by atoms with Gasteiger partial charge in [-0.15, -0.1) is 0 Å². The molecule has 2 aromatic rings. The lowest BCUT2D eigenvalue weighted by atomic mass is 10.0. The normalized spacial score (nSPS) is 13.7. The number of aromatic nitrogens is 2. The van der Waals surface area contributed by atoms with Gasteiger partial charge in [0.05, 0.1) is 12.4 Å². The van der Waals surface area contributed by atoms with Crippen LogP contribution in [-0.2, 0) is 0 Å². The largest absolute Gasteiger partial charge is 0.497 e. The monoisotopic (exact) mass is 303 g/mol. The van der Waals surface area contributed by atoms with Crippen LogP contribution in [-0.4, -0.2) is 23.1 Å². The maximum atomic E-state index is 6.30. The third-order valence-electron chi connectivity index (χ3n) is 3.27. The van der Waals surface area contributed by atoms with Gasteiger partial charge in [0, 0.05) is 18.4 Å². The number of aryl methyl sites for hydroxylation is 1. The molecule has 0 aliphatic carbocycles. The Hall–Kier alpha value is -1.59. The summed E-state index contributed by atoms with van der Waals surface area (Å²) in [5.41, 5.74) is 8.49. The molecule has 0 saturated heterocycles. The summed E-state index contributed by atoms with van der Waals surface area (Å²) in [5.74, 6) is 0.839. The number of thioether (sulfide) groups is 1. The Kier molecular flexibility index (Phi) is 5.59. The first-order chi connectivity index (χ1) is 10.1. The van der Waals surface area contributed by atoms with E-state index in [-0.39, 0.29) is 11.3 Å². The molecule has 5 heteroatoms. The van der Waals surface area contributed by atoms with E-state index in [9.17, 15) is 0 Å². The van der Waals surface area contributed by atoms with Crippen molar-refractivity contribution in [2.24, 2.45) is 5.73 Å². The maximum absolute atomic E-state index is 6.30. The molecule has 0 aliphatic rings. The van der Waals surface area contributed by atoms with Crippen molar-refractivity contribution in [2.75, 3.05) is 7.11 Å². The van der Waals surface area contributed by atoms with E-state index in [4.69, 9.17) is 10.5 Å². The lowest BCUT2D eigenvalue weighted by Gasteiger charge is -2.22. The topological polar surface area (TPSA) is 61.0 Å². The van der Waals surface area contributed by atoms with Gasteiger partial charge in [0.15, 0.2) is 5.16 Å². The minimum atomic E-state index is 0.0343. The van der Waals surface area contributed by atoms with Crippen molar-refractivity contribution < 1.29 is 4.74 Å². The van der Waals surface area contributed by atoms with Crippen LogP contribution >= 0.6 is 11.8 Å². The van der Waals surface area contributed by atoms with E-state index in [2.05, 4.69) is 23.0 Å². The molecule has 1 heterocycles. The van der Waals surface area contributed by atoms with Gasteiger partial charge in [-0.1, -0.05) is 30.8 Å². The van der Waals surface area contributed by atoms with Gasteiger partial charge in [-0.2, -0.15) is 0 Å². The van der Waals surface area contributed by atoms with Crippen LogP contribution in [0.2, 0.25) is 0 Å². The fraction of sp³-hybridized carbons (Fsp3) is 0.375. The van der Waals surface area contributed by atoms with Crippen molar-refractivity contribution in [1.29, 1.82) is 0 Å². The quantitative estimate of drug-likeness (QED) is 0.655. The zero-order valence-electron chi connectivity index (χ0n) is 12.6. The van der Waals surface area contributed by atoms with E-state index in [0.29, 0.717) is 0 Å². The number of benzene rings is 1. The molecule has 0 fully saturated rings. The molecule has 0 amide bonds. The van der Waals surface area contributed by atoms with Crippen LogP contribution in [0, 0.1) is 6.92 Å². The highest BCUT2D eigenvalue weighted by Gasteiger charge is 2.21. The predicted octanol–water partition coefficient (Wildman–Crippen LogP) is 3.36. The number of nitrogens with two attached hydrogens (primary N) is 1. The van der Waals surface area contributed by atoms with Crippen molar-refractivity contribution in [3.63, 3.8) is 0 Å².